The van der Waals surface area contributed by atoms with Gasteiger partial charge in [0.1, 0.15) is 23.4 Å². The number of aromatic hydroxyl groups is 1. The molecule has 2 atom stereocenters. The van der Waals surface area contributed by atoms with E-state index in [1.165, 1.54) is 11.0 Å². The Morgan fingerprint density at radius 3 is 2.27 bits per heavy atom. The van der Waals surface area contributed by atoms with Crippen molar-refractivity contribution in [1.29, 1.82) is 0 Å². The van der Waals surface area contributed by atoms with Gasteiger partial charge < -0.3 is 30.1 Å². The minimum Gasteiger partial charge on any atom is -0.508 e. The lowest BCUT2D eigenvalue weighted by atomic mass is 9.98. The number of carbonyl (C=O) groups is 4. The molecular formula is C27H43N3O7. The molecule has 37 heavy (non-hydrogen) atoms. The molecule has 1 rings (SSSR count). The van der Waals surface area contributed by atoms with Crippen molar-refractivity contribution in [3.63, 3.8) is 0 Å². The van der Waals surface area contributed by atoms with E-state index in [4.69, 9.17) is 9.47 Å². The van der Waals surface area contributed by atoms with Gasteiger partial charge in [0, 0.05) is 18.7 Å². The van der Waals surface area contributed by atoms with Gasteiger partial charge in [0.2, 0.25) is 11.8 Å². The van der Waals surface area contributed by atoms with Crippen molar-refractivity contribution in [3.05, 3.63) is 29.8 Å². The third-order valence-corrected chi connectivity index (χ3v) is 5.37. The summed E-state index contributed by atoms with van der Waals surface area (Å²) in [5, 5.41) is 16.0. The molecule has 1 aromatic carbocycles. The summed E-state index contributed by atoms with van der Waals surface area (Å²) in [7, 11) is 0. The van der Waals surface area contributed by atoms with E-state index >= 15 is 0 Å². The molecule has 0 radical (unpaired) electrons. The summed E-state index contributed by atoms with van der Waals surface area (Å²) in [6.45, 7) is 12.8. The van der Waals surface area contributed by atoms with Gasteiger partial charge in [0.05, 0.1) is 13.0 Å². The number of esters is 1. The summed E-state index contributed by atoms with van der Waals surface area (Å²) < 4.78 is 10.3. The Hall–Kier alpha value is -3.30. The third kappa shape index (κ3) is 10.7. The molecule has 10 heteroatoms. The van der Waals surface area contributed by atoms with Crippen molar-refractivity contribution in [2.24, 2.45) is 5.92 Å². The number of hydrogen-bond acceptors (Lipinski definition) is 7. The summed E-state index contributed by atoms with van der Waals surface area (Å²) in [4.78, 5) is 53.0. The highest BCUT2D eigenvalue weighted by molar-refractivity contribution is 5.92. The highest BCUT2D eigenvalue weighted by Crippen LogP contribution is 2.30. The third-order valence-electron chi connectivity index (χ3n) is 5.37. The Kier molecular flexibility index (Phi) is 12.9. The lowest BCUT2D eigenvalue weighted by Gasteiger charge is -2.35. The average molecular weight is 522 g/mol. The molecule has 2 unspecified atom stereocenters. The van der Waals surface area contributed by atoms with Gasteiger partial charge in [-0.1, -0.05) is 45.4 Å². The fourth-order valence-electron chi connectivity index (χ4n) is 3.61. The maximum atomic E-state index is 13.9. The van der Waals surface area contributed by atoms with Crippen molar-refractivity contribution in [2.75, 3.05) is 19.7 Å². The molecule has 0 spiro atoms. The second-order valence-electron chi connectivity index (χ2n) is 10.1. The molecule has 0 aliphatic heterocycles. The van der Waals surface area contributed by atoms with Crippen LogP contribution in [0.4, 0.5) is 4.79 Å². The molecule has 0 aliphatic carbocycles. The van der Waals surface area contributed by atoms with E-state index in [-0.39, 0.29) is 43.3 Å². The van der Waals surface area contributed by atoms with Gasteiger partial charge in [0.15, 0.2) is 0 Å². The van der Waals surface area contributed by atoms with Crippen LogP contribution in [0.2, 0.25) is 0 Å². The molecule has 3 amide bonds. The molecule has 208 valence electrons. The second kappa shape index (κ2) is 15.1. The van der Waals surface area contributed by atoms with E-state index in [0.717, 1.165) is 6.42 Å². The fourth-order valence-corrected chi connectivity index (χ4v) is 3.61. The number of nitrogens with zero attached hydrogens (tertiary/aromatic N) is 1. The maximum Gasteiger partial charge on any atom is 0.408 e. The van der Waals surface area contributed by atoms with Gasteiger partial charge in [-0.3, -0.25) is 14.4 Å². The van der Waals surface area contributed by atoms with Crippen LogP contribution in [0.1, 0.15) is 79.3 Å². The van der Waals surface area contributed by atoms with Crippen molar-refractivity contribution in [2.45, 2.75) is 85.4 Å². The monoisotopic (exact) mass is 521 g/mol. The van der Waals surface area contributed by atoms with Gasteiger partial charge in [-0.25, -0.2) is 4.79 Å². The number of amides is 3. The molecule has 0 saturated heterocycles. The van der Waals surface area contributed by atoms with Crippen LogP contribution in [0.15, 0.2) is 24.3 Å². The first-order valence-electron chi connectivity index (χ1n) is 12.8. The quantitative estimate of drug-likeness (QED) is 0.337. The normalized spacial score (nSPS) is 12.9. The van der Waals surface area contributed by atoms with Crippen molar-refractivity contribution in [1.82, 2.24) is 15.5 Å². The molecule has 0 aliphatic rings. The van der Waals surface area contributed by atoms with E-state index in [1.54, 1.807) is 59.7 Å². The number of alkyl carbamates (subject to hydrolysis) is 1. The van der Waals surface area contributed by atoms with Gasteiger partial charge in [-0.05, 0) is 46.1 Å². The zero-order valence-electron chi connectivity index (χ0n) is 23.1. The Balaban J connectivity index is 3.37. The number of rotatable bonds is 13. The van der Waals surface area contributed by atoms with E-state index in [9.17, 15) is 24.3 Å². The molecule has 0 heterocycles. The number of unbranched alkanes of at least 4 members (excludes halogenated alkanes) is 1. The lowest BCUT2D eigenvalue weighted by molar-refractivity contribution is -0.145. The highest BCUT2D eigenvalue weighted by atomic mass is 16.6. The van der Waals surface area contributed by atoms with E-state index in [1.807, 2.05) is 6.92 Å². The Morgan fingerprint density at radius 1 is 1.08 bits per heavy atom. The molecule has 0 bridgehead atoms. The number of phenolic OH excluding ortho intramolecular Hbond substituents is 1. The number of para-hydroxylation sites is 1. The zero-order chi connectivity index (χ0) is 28.2. The fraction of sp³-hybridized carbons (Fsp3) is 0.630. The molecule has 0 fully saturated rings. The largest absolute Gasteiger partial charge is 0.508 e. The van der Waals surface area contributed by atoms with Crippen LogP contribution < -0.4 is 10.6 Å². The molecule has 10 nitrogen and oxygen atoms in total. The number of benzene rings is 1. The summed E-state index contributed by atoms with van der Waals surface area (Å²) in [5.41, 5.74) is -0.520. The number of hydrogen-bond donors (Lipinski definition) is 3. The number of carbonyl (C=O) groups excluding carboxylic acids is 4. The first-order valence-corrected chi connectivity index (χ1v) is 12.8. The molecule has 1 aromatic rings. The van der Waals surface area contributed by atoms with Crippen LogP contribution in [-0.2, 0) is 23.9 Å². The SMILES string of the molecule is CCCCN(C(=O)C(NC(=O)OC(C)(C)C)C(C)C)C(C(=O)NCCC(=O)OCC)c1ccccc1O. The minimum absolute atomic E-state index is 0.00133. The molecule has 0 aromatic heterocycles. The number of ether oxygens (including phenoxy) is 2. The van der Waals surface area contributed by atoms with Crippen LogP contribution in [0, 0.1) is 5.92 Å². The Bertz CT molecular complexity index is 912. The number of phenols is 1. The van der Waals surface area contributed by atoms with Gasteiger partial charge >= 0.3 is 12.1 Å². The zero-order valence-corrected chi connectivity index (χ0v) is 23.1. The van der Waals surface area contributed by atoms with Gasteiger partial charge in [-0.15, -0.1) is 0 Å². The van der Waals surface area contributed by atoms with Crippen LogP contribution in [-0.4, -0.2) is 65.2 Å². The highest BCUT2D eigenvalue weighted by Gasteiger charge is 2.38. The van der Waals surface area contributed by atoms with E-state index in [2.05, 4.69) is 10.6 Å². The Labute approximate surface area is 220 Å². The van der Waals surface area contributed by atoms with Gasteiger partial charge in [-0.2, -0.15) is 0 Å². The summed E-state index contributed by atoms with van der Waals surface area (Å²) in [6, 6.07) is 4.12. The topological polar surface area (TPSA) is 134 Å². The first-order chi connectivity index (χ1) is 17.3. The lowest BCUT2D eigenvalue weighted by Crippen LogP contribution is -2.55. The van der Waals surface area contributed by atoms with Crippen LogP contribution in [0.5, 0.6) is 5.75 Å². The van der Waals surface area contributed by atoms with Crippen molar-refractivity contribution < 1.29 is 33.8 Å². The predicted octanol–water partition coefficient (Wildman–Crippen LogP) is 3.68. The predicted molar refractivity (Wildman–Crippen MR) is 140 cm³/mol. The number of nitrogens with one attached hydrogen (secondary N) is 2. The standard InChI is InChI=1S/C27H43N3O7/c1-8-10-17-30(25(34)22(18(3)4)29-26(35)37-27(5,6)7)23(19-13-11-12-14-20(19)31)24(33)28-16-15-21(32)36-9-2/h11-14,18,22-23,31H,8-10,15-17H2,1-7H3,(H,28,33)(H,29,35). The van der Waals surface area contributed by atoms with Crippen molar-refractivity contribution >= 4 is 23.9 Å². The molecule has 3 N–H and O–H groups in total. The van der Waals surface area contributed by atoms with Crippen LogP contribution >= 0.6 is 0 Å². The smallest absolute Gasteiger partial charge is 0.408 e. The van der Waals surface area contributed by atoms with Crippen LogP contribution in [0.25, 0.3) is 0 Å². The Morgan fingerprint density at radius 2 is 1.73 bits per heavy atom. The summed E-state index contributed by atoms with van der Waals surface area (Å²) in [5.74, 6) is -1.97. The summed E-state index contributed by atoms with van der Waals surface area (Å²) >= 11 is 0. The minimum atomic E-state index is -1.19. The first kappa shape index (κ1) is 31.7. The second-order valence-corrected chi connectivity index (χ2v) is 10.1. The molecular weight excluding hydrogens is 478 g/mol. The maximum absolute atomic E-state index is 13.9. The average Bonchev–Trinajstić information content (AvgIpc) is 2.79. The van der Waals surface area contributed by atoms with Crippen molar-refractivity contribution in [3.8, 4) is 5.75 Å². The molecule has 0 saturated carbocycles. The van der Waals surface area contributed by atoms with Gasteiger partial charge in [0.25, 0.3) is 0 Å². The summed E-state index contributed by atoms with van der Waals surface area (Å²) in [6.07, 6.45) is 0.551. The van der Waals surface area contributed by atoms with E-state index < -0.39 is 41.6 Å². The van der Waals surface area contributed by atoms with E-state index in [0.29, 0.717) is 6.42 Å². The van der Waals surface area contributed by atoms with Crippen LogP contribution in [0.3, 0.4) is 0 Å².